The van der Waals surface area contributed by atoms with Gasteiger partial charge in [0, 0.05) is 6.54 Å². The monoisotopic (exact) mass is 289 g/mol. The number of carbonyl (C=O) groups is 1. The molecule has 0 spiro atoms. The minimum absolute atomic E-state index is 0.0343. The lowest BCUT2D eigenvalue weighted by molar-refractivity contribution is 0.0702. The third-order valence-corrected chi connectivity index (χ3v) is 6.37. The van der Waals surface area contributed by atoms with Crippen molar-refractivity contribution in [2.24, 2.45) is 5.41 Å². The van der Waals surface area contributed by atoms with Crippen molar-refractivity contribution in [1.82, 2.24) is 4.72 Å². The molecule has 0 bridgehead atoms. The van der Waals surface area contributed by atoms with Gasteiger partial charge in [-0.1, -0.05) is 6.92 Å². The number of sulfonamides is 1. The molecule has 0 atom stereocenters. The van der Waals surface area contributed by atoms with Crippen LogP contribution in [0.5, 0.6) is 0 Å². The van der Waals surface area contributed by atoms with Crippen LogP contribution in [0.15, 0.2) is 16.3 Å². The van der Waals surface area contributed by atoms with E-state index in [9.17, 15) is 13.2 Å². The zero-order valence-electron chi connectivity index (χ0n) is 9.97. The Balaban J connectivity index is 2.08. The van der Waals surface area contributed by atoms with Crippen molar-refractivity contribution >= 4 is 27.3 Å². The van der Waals surface area contributed by atoms with Crippen molar-refractivity contribution in [1.29, 1.82) is 0 Å². The smallest absolute Gasteiger partial charge is 0.345 e. The lowest BCUT2D eigenvalue weighted by Gasteiger charge is -2.12. The summed E-state index contributed by atoms with van der Waals surface area (Å²) in [5.74, 6) is -1.10. The Morgan fingerprint density at radius 1 is 1.50 bits per heavy atom. The first-order valence-electron chi connectivity index (χ1n) is 5.71. The Kier molecular flexibility index (Phi) is 3.48. The predicted molar refractivity (Wildman–Crippen MR) is 68.4 cm³/mol. The van der Waals surface area contributed by atoms with Crippen LogP contribution in [0.2, 0.25) is 0 Å². The number of hydrogen-bond donors (Lipinski definition) is 2. The summed E-state index contributed by atoms with van der Waals surface area (Å²) in [6.07, 6.45) is 3.06. The normalized spacial score (nSPS) is 17.6. The number of rotatable bonds is 6. The number of thiophene rings is 1. The van der Waals surface area contributed by atoms with Crippen molar-refractivity contribution in [2.45, 2.75) is 30.4 Å². The van der Waals surface area contributed by atoms with Crippen LogP contribution in [0, 0.1) is 5.41 Å². The number of carboxylic acid groups (broad SMARTS) is 1. The van der Waals surface area contributed by atoms with E-state index >= 15 is 0 Å². The largest absolute Gasteiger partial charge is 0.477 e. The second-order valence-electron chi connectivity index (χ2n) is 4.60. The van der Waals surface area contributed by atoms with Gasteiger partial charge in [-0.2, -0.15) is 0 Å². The fraction of sp³-hybridized carbons (Fsp3) is 0.545. The van der Waals surface area contributed by atoms with E-state index in [2.05, 4.69) is 11.6 Å². The third kappa shape index (κ3) is 2.73. The first kappa shape index (κ1) is 13.5. The average Bonchev–Trinajstić information content (AvgIpc) is 2.91. The van der Waals surface area contributed by atoms with Crippen LogP contribution in [0.25, 0.3) is 0 Å². The predicted octanol–water partition coefficient (Wildman–Crippen LogP) is 1.91. The standard InChI is InChI=1S/C11H15NO4S2/c1-2-11(5-6-11)7-12-18(15,16)9-4-3-8(17-9)10(13)14/h3-4,12H,2,5-7H2,1H3,(H,13,14). The van der Waals surface area contributed by atoms with Gasteiger partial charge in [0.2, 0.25) is 10.0 Å². The second-order valence-corrected chi connectivity index (χ2v) is 7.68. The minimum atomic E-state index is -3.57. The molecule has 1 aliphatic carbocycles. The van der Waals surface area contributed by atoms with Gasteiger partial charge >= 0.3 is 5.97 Å². The first-order chi connectivity index (χ1) is 8.38. The number of hydrogen-bond acceptors (Lipinski definition) is 4. The topological polar surface area (TPSA) is 83.5 Å². The van der Waals surface area contributed by atoms with E-state index in [0.29, 0.717) is 6.54 Å². The van der Waals surface area contributed by atoms with Gasteiger partial charge in [-0.3, -0.25) is 0 Å². The van der Waals surface area contributed by atoms with Gasteiger partial charge < -0.3 is 5.11 Å². The SMILES string of the molecule is CCC1(CNS(=O)(=O)c2ccc(C(=O)O)s2)CC1. The molecule has 5 nitrogen and oxygen atoms in total. The molecule has 0 aromatic carbocycles. The third-order valence-electron chi connectivity index (χ3n) is 3.40. The molecule has 0 radical (unpaired) electrons. The fourth-order valence-corrected chi connectivity index (χ4v) is 4.08. The Hall–Kier alpha value is -0.920. The summed E-state index contributed by atoms with van der Waals surface area (Å²) in [6, 6.07) is 2.65. The first-order valence-corrected chi connectivity index (χ1v) is 8.01. The molecule has 2 N–H and O–H groups in total. The maximum Gasteiger partial charge on any atom is 0.345 e. The van der Waals surface area contributed by atoms with Crippen LogP contribution in [0.1, 0.15) is 35.9 Å². The zero-order valence-corrected chi connectivity index (χ0v) is 11.6. The minimum Gasteiger partial charge on any atom is -0.477 e. The molecule has 1 aromatic heterocycles. The van der Waals surface area contributed by atoms with Crippen LogP contribution in [-0.2, 0) is 10.0 Å². The molecule has 1 saturated carbocycles. The Morgan fingerprint density at radius 3 is 2.61 bits per heavy atom. The molecule has 7 heteroatoms. The molecule has 1 aromatic rings. The summed E-state index contributed by atoms with van der Waals surface area (Å²) < 4.78 is 26.6. The summed E-state index contributed by atoms with van der Waals surface area (Å²) >= 11 is 0.777. The highest BCUT2D eigenvalue weighted by Gasteiger charge is 2.41. The van der Waals surface area contributed by atoms with Crippen LogP contribution < -0.4 is 4.72 Å². The quantitative estimate of drug-likeness (QED) is 0.838. The highest BCUT2D eigenvalue weighted by Crippen LogP contribution is 2.48. The molecule has 0 saturated heterocycles. The maximum absolute atomic E-state index is 12.0. The van der Waals surface area contributed by atoms with Gasteiger partial charge in [0.1, 0.15) is 9.09 Å². The molecule has 2 rings (SSSR count). The van der Waals surface area contributed by atoms with E-state index in [1.165, 1.54) is 12.1 Å². The maximum atomic E-state index is 12.0. The van der Waals surface area contributed by atoms with E-state index in [-0.39, 0.29) is 14.5 Å². The van der Waals surface area contributed by atoms with Crippen LogP contribution in [0.3, 0.4) is 0 Å². The number of carboxylic acids is 1. The van der Waals surface area contributed by atoms with Gasteiger partial charge in [0.25, 0.3) is 0 Å². The highest BCUT2D eigenvalue weighted by molar-refractivity contribution is 7.91. The van der Waals surface area contributed by atoms with E-state index in [1.54, 1.807) is 0 Å². The molecular weight excluding hydrogens is 274 g/mol. The molecule has 1 aliphatic rings. The zero-order chi connectivity index (χ0) is 13.4. The fourth-order valence-electron chi connectivity index (χ4n) is 1.73. The average molecular weight is 289 g/mol. The van der Waals surface area contributed by atoms with Crippen LogP contribution in [0.4, 0.5) is 0 Å². The molecule has 0 amide bonds. The van der Waals surface area contributed by atoms with E-state index in [1.807, 2.05) is 0 Å². The molecular formula is C11H15NO4S2. The van der Waals surface area contributed by atoms with Gasteiger partial charge in [-0.25, -0.2) is 17.9 Å². The summed E-state index contributed by atoms with van der Waals surface area (Å²) in [5.41, 5.74) is 0.125. The van der Waals surface area contributed by atoms with E-state index in [0.717, 1.165) is 30.6 Å². The molecule has 0 aliphatic heterocycles. The van der Waals surface area contributed by atoms with Crippen molar-refractivity contribution in [3.8, 4) is 0 Å². The highest BCUT2D eigenvalue weighted by atomic mass is 32.2. The summed E-state index contributed by atoms with van der Waals surface area (Å²) in [4.78, 5) is 10.7. The van der Waals surface area contributed by atoms with Gasteiger partial charge in [-0.05, 0) is 36.8 Å². The lowest BCUT2D eigenvalue weighted by atomic mass is 10.1. The van der Waals surface area contributed by atoms with Crippen molar-refractivity contribution in [2.75, 3.05) is 6.54 Å². The summed E-state index contributed by atoms with van der Waals surface area (Å²) in [5, 5.41) is 8.77. The Morgan fingerprint density at radius 2 is 2.17 bits per heavy atom. The second kappa shape index (κ2) is 4.64. The van der Waals surface area contributed by atoms with Crippen LogP contribution >= 0.6 is 11.3 Å². The van der Waals surface area contributed by atoms with Crippen molar-refractivity contribution < 1.29 is 18.3 Å². The molecule has 18 heavy (non-hydrogen) atoms. The Labute approximate surface area is 110 Å². The van der Waals surface area contributed by atoms with Crippen molar-refractivity contribution in [3.63, 3.8) is 0 Å². The molecule has 1 fully saturated rings. The van der Waals surface area contributed by atoms with Crippen LogP contribution in [-0.4, -0.2) is 26.0 Å². The molecule has 0 unspecified atom stereocenters. The lowest BCUT2D eigenvalue weighted by Crippen LogP contribution is -2.29. The van der Waals surface area contributed by atoms with Gasteiger partial charge in [0.05, 0.1) is 0 Å². The van der Waals surface area contributed by atoms with Gasteiger partial charge in [-0.15, -0.1) is 11.3 Å². The Bertz CT molecular complexity index is 557. The van der Waals surface area contributed by atoms with Crippen molar-refractivity contribution in [3.05, 3.63) is 17.0 Å². The van der Waals surface area contributed by atoms with Gasteiger partial charge in [0.15, 0.2) is 0 Å². The number of aromatic carboxylic acids is 1. The molecule has 1 heterocycles. The summed E-state index contributed by atoms with van der Waals surface area (Å²) in [7, 11) is -3.57. The summed E-state index contributed by atoms with van der Waals surface area (Å²) in [6.45, 7) is 2.49. The molecule has 100 valence electrons. The van der Waals surface area contributed by atoms with E-state index < -0.39 is 16.0 Å². The van der Waals surface area contributed by atoms with E-state index in [4.69, 9.17) is 5.11 Å². The number of nitrogens with one attached hydrogen (secondary N) is 1.